The lowest BCUT2D eigenvalue weighted by Crippen LogP contribution is -2.33. The molecule has 1 N–H and O–H groups in total. The Morgan fingerprint density at radius 3 is 2.82 bits per heavy atom. The second-order valence-corrected chi connectivity index (χ2v) is 11.3. The summed E-state index contributed by atoms with van der Waals surface area (Å²) in [7, 11) is 0. The number of halogens is 1. The number of fused-ring (bicyclic) bond motifs is 5. The first-order valence-electron chi connectivity index (χ1n) is 10.5. The fourth-order valence-electron chi connectivity index (χ4n) is 3.83. The van der Waals surface area contributed by atoms with Gasteiger partial charge in [0.15, 0.2) is 16.0 Å². The van der Waals surface area contributed by atoms with Crippen molar-refractivity contribution in [1.82, 2.24) is 19.6 Å². The number of nitrogens with one attached hydrogen (secondary N) is 1. The van der Waals surface area contributed by atoms with Crippen molar-refractivity contribution in [3.63, 3.8) is 0 Å². The standard InChI is InChI=1S/C22H22ClN5O2S3/c1-4-22(2)9-14-15(10-30-22)33-19-17(14)18-26-27-21(28(18)20(25-19)31-3)32-11-16(29)24-13-7-5-12(23)6-8-13/h5-8H,4,9-11H2,1-3H3,(H,24,29). The Kier molecular flexibility index (Phi) is 6.30. The Labute approximate surface area is 208 Å². The van der Waals surface area contributed by atoms with Gasteiger partial charge in [0.2, 0.25) is 5.91 Å². The Bertz CT molecular complexity index is 1350. The van der Waals surface area contributed by atoms with Crippen molar-refractivity contribution >= 4 is 73.9 Å². The zero-order valence-corrected chi connectivity index (χ0v) is 21.6. The topological polar surface area (TPSA) is 81.4 Å². The van der Waals surface area contributed by atoms with Gasteiger partial charge in [0.25, 0.3) is 0 Å². The van der Waals surface area contributed by atoms with Gasteiger partial charge in [-0.2, -0.15) is 0 Å². The molecule has 0 aliphatic carbocycles. The minimum Gasteiger partial charge on any atom is -0.369 e. The summed E-state index contributed by atoms with van der Waals surface area (Å²) in [6.45, 7) is 4.91. The highest BCUT2D eigenvalue weighted by atomic mass is 35.5. The molecule has 0 bridgehead atoms. The number of thiophene rings is 1. The van der Waals surface area contributed by atoms with Gasteiger partial charge < -0.3 is 10.1 Å². The molecule has 1 aliphatic rings. The van der Waals surface area contributed by atoms with Crippen LogP contribution in [0.1, 0.15) is 30.7 Å². The Hall–Kier alpha value is -1.85. The summed E-state index contributed by atoms with van der Waals surface area (Å²) in [6.07, 6.45) is 3.75. The van der Waals surface area contributed by atoms with Crippen LogP contribution in [0, 0.1) is 0 Å². The minimum atomic E-state index is -0.187. The minimum absolute atomic E-state index is 0.123. The summed E-state index contributed by atoms with van der Waals surface area (Å²) in [5.41, 5.74) is 2.58. The number of hydrogen-bond acceptors (Lipinski definition) is 8. The maximum Gasteiger partial charge on any atom is 0.234 e. The second kappa shape index (κ2) is 9.07. The van der Waals surface area contributed by atoms with Crippen molar-refractivity contribution in [3.05, 3.63) is 39.7 Å². The number of amides is 1. The molecule has 0 radical (unpaired) electrons. The molecule has 0 fully saturated rings. The predicted molar refractivity (Wildman–Crippen MR) is 136 cm³/mol. The van der Waals surface area contributed by atoms with Crippen LogP contribution in [0.15, 0.2) is 34.6 Å². The van der Waals surface area contributed by atoms with Crippen molar-refractivity contribution in [1.29, 1.82) is 0 Å². The van der Waals surface area contributed by atoms with Crippen LogP contribution in [0.3, 0.4) is 0 Å². The fourth-order valence-corrected chi connectivity index (χ4v) is 6.44. The van der Waals surface area contributed by atoms with Crippen LogP contribution in [0.2, 0.25) is 5.02 Å². The van der Waals surface area contributed by atoms with Gasteiger partial charge in [0.05, 0.1) is 23.3 Å². The number of carbonyl (C=O) groups is 1. The summed E-state index contributed by atoms with van der Waals surface area (Å²) in [5.74, 6) is 0.0845. The highest BCUT2D eigenvalue weighted by molar-refractivity contribution is 8.00. The Balaban J connectivity index is 1.47. The number of rotatable bonds is 6. The Morgan fingerprint density at radius 2 is 2.09 bits per heavy atom. The van der Waals surface area contributed by atoms with Gasteiger partial charge in [-0.3, -0.25) is 4.79 Å². The van der Waals surface area contributed by atoms with E-state index in [4.69, 9.17) is 21.3 Å². The normalized spacial score (nSPS) is 18.1. The number of aromatic nitrogens is 4. The molecule has 0 saturated heterocycles. The molecule has 7 nitrogen and oxygen atoms in total. The third kappa shape index (κ3) is 4.35. The van der Waals surface area contributed by atoms with E-state index in [-0.39, 0.29) is 17.3 Å². The number of ether oxygens (including phenoxy) is 1. The molecule has 11 heteroatoms. The van der Waals surface area contributed by atoms with Gasteiger partial charge in [-0.05, 0) is 49.4 Å². The lowest BCUT2D eigenvalue weighted by molar-refractivity contribution is -0.113. The lowest BCUT2D eigenvalue weighted by Gasteiger charge is -2.32. The molecular formula is C22H22ClN5O2S3. The predicted octanol–water partition coefficient (Wildman–Crippen LogP) is 5.69. The molecule has 1 aliphatic heterocycles. The van der Waals surface area contributed by atoms with Crippen LogP contribution >= 0.6 is 46.5 Å². The van der Waals surface area contributed by atoms with E-state index in [2.05, 4.69) is 29.4 Å². The molecule has 0 spiro atoms. The van der Waals surface area contributed by atoms with Crippen LogP contribution < -0.4 is 5.32 Å². The molecule has 1 aromatic carbocycles. The third-order valence-electron chi connectivity index (χ3n) is 5.81. The maximum atomic E-state index is 12.5. The van der Waals surface area contributed by atoms with E-state index in [0.29, 0.717) is 22.5 Å². The Morgan fingerprint density at radius 1 is 1.30 bits per heavy atom. The summed E-state index contributed by atoms with van der Waals surface area (Å²) in [4.78, 5) is 19.6. The van der Waals surface area contributed by atoms with Crippen LogP contribution in [-0.2, 0) is 22.6 Å². The molecule has 1 amide bonds. The summed E-state index contributed by atoms with van der Waals surface area (Å²) < 4.78 is 8.11. The smallest absolute Gasteiger partial charge is 0.234 e. The van der Waals surface area contributed by atoms with Gasteiger partial charge in [-0.15, -0.1) is 21.5 Å². The van der Waals surface area contributed by atoms with E-state index in [1.54, 1.807) is 47.4 Å². The average Bonchev–Trinajstić information content (AvgIpc) is 3.39. The molecule has 1 unspecified atom stereocenters. The molecule has 4 heterocycles. The number of anilines is 1. The van der Waals surface area contributed by atoms with Crippen LogP contribution in [0.5, 0.6) is 0 Å². The monoisotopic (exact) mass is 519 g/mol. The molecule has 5 rings (SSSR count). The third-order valence-corrected chi connectivity index (χ3v) is 8.73. The van der Waals surface area contributed by atoms with E-state index in [9.17, 15) is 4.79 Å². The van der Waals surface area contributed by atoms with Gasteiger partial charge in [0, 0.05) is 22.0 Å². The maximum absolute atomic E-state index is 12.5. The highest BCUT2D eigenvalue weighted by Gasteiger charge is 2.33. The van der Waals surface area contributed by atoms with E-state index in [1.807, 2.05) is 10.7 Å². The molecule has 1 atom stereocenters. The summed E-state index contributed by atoms with van der Waals surface area (Å²) in [6, 6.07) is 7.04. The van der Waals surface area contributed by atoms with E-state index in [1.165, 1.54) is 22.2 Å². The molecule has 3 aromatic heterocycles. The van der Waals surface area contributed by atoms with Gasteiger partial charge in [-0.1, -0.05) is 42.0 Å². The van der Waals surface area contributed by atoms with Gasteiger partial charge in [0.1, 0.15) is 4.83 Å². The van der Waals surface area contributed by atoms with Crippen molar-refractivity contribution < 1.29 is 9.53 Å². The average molecular weight is 520 g/mol. The second-order valence-electron chi connectivity index (χ2n) is 8.04. The number of benzene rings is 1. The van der Waals surface area contributed by atoms with E-state index < -0.39 is 0 Å². The number of thioether (sulfide) groups is 2. The van der Waals surface area contributed by atoms with E-state index in [0.717, 1.165) is 33.9 Å². The van der Waals surface area contributed by atoms with Crippen molar-refractivity contribution in [2.24, 2.45) is 0 Å². The highest BCUT2D eigenvalue weighted by Crippen LogP contribution is 2.42. The van der Waals surface area contributed by atoms with Gasteiger partial charge in [-0.25, -0.2) is 9.38 Å². The first-order chi connectivity index (χ1) is 15.9. The molecule has 0 saturated carbocycles. The van der Waals surface area contributed by atoms with Crippen molar-refractivity contribution in [2.75, 3.05) is 17.3 Å². The van der Waals surface area contributed by atoms with Crippen LogP contribution in [0.4, 0.5) is 5.69 Å². The molecular weight excluding hydrogens is 498 g/mol. The van der Waals surface area contributed by atoms with Crippen LogP contribution in [-0.4, -0.2) is 43.1 Å². The van der Waals surface area contributed by atoms with Crippen molar-refractivity contribution in [3.8, 4) is 0 Å². The van der Waals surface area contributed by atoms with Crippen molar-refractivity contribution in [2.45, 2.75) is 49.2 Å². The van der Waals surface area contributed by atoms with Gasteiger partial charge >= 0.3 is 0 Å². The number of carbonyl (C=O) groups excluding carboxylic acids is 1. The quantitative estimate of drug-likeness (QED) is 0.259. The molecule has 33 heavy (non-hydrogen) atoms. The van der Waals surface area contributed by atoms with E-state index >= 15 is 0 Å². The summed E-state index contributed by atoms with van der Waals surface area (Å²) in [5, 5.41) is 15.0. The fraction of sp³-hybridized carbons (Fsp3) is 0.364. The molecule has 4 aromatic rings. The summed E-state index contributed by atoms with van der Waals surface area (Å²) >= 11 is 10.5. The first-order valence-corrected chi connectivity index (χ1v) is 13.9. The lowest BCUT2D eigenvalue weighted by atomic mass is 9.90. The first kappa shape index (κ1) is 22.9. The van der Waals surface area contributed by atoms with Crippen LogP contribution in [0.25, 0.3) is 15.9 Å². The number of hydrogen-bond donors (Lipinski definition) is 1. The zero-order valence-electron chi connectivity index (χ0n) is 18.3. The number of nitrogens with zero attached hydrogens (tertiary/aromatic N) is 4. The molecule has 172 valence electrons. The zero-order chi connectivity index (χ0) is 23.2. The SMILES string of the molecule is CCC1(C)Cc2c(sc3nc(SC)n4c(SCC(=O)Nc5ccc(Cl)cc5)nnc4c23)CO1. The largest absolute Gasteiger partial charge is 0.369 e.